The van der Waals surface area contributed by atoms with E-state index in [9.17, 15) is 0 Å². The quantitative estimate of drug-likeness (QED) is 0.411. The van der Waals surface area contributed by atoms with Crippen molar-refractivity contribution in [2.24, 2.45) is 10.4 Å². The van der Waals surface area contributed by atoms with E-state index in [1.54, 1.807) is 0 Å². The predicted molar refractivity (Wildman–Crippen MR) is 120 cm³/mol. The normalized spacial score (nSPS) is 18.7. The molecule has 2 aromatic rings. The molecule has 0 unspecified atom stereocenters. The van der Waals surface area contributed by atoms with Crippen LogP contribution in [-0.4, -0.2) is 40.8 Å². The molecule has 146 valence electrons. The summed E-state index contributed by atoms with van der Waals surface area (Å²) < 4.78 is 1.96. The molecule has 2 heterocycles. The molecule has 0 amide bonds. The van der Waals surface area contributed by atoms with Crippen molar-refractivity contribution in [1.82, 2.24) is 20.0 Å². The Bertz CT molecular complexity index is 750. The lowest BCUT2D eigenvalue weighted by atomic mass is 9.86. The number of guanidine groups is 1. The lowest BCUT2D eigenvalue weighted by molar-refractivity contribution is 0.309. The van der Waals surface area contributed by atoms with Gasteiger partial charge in [0.05, 0.1) is 6.54 Å². The average Bonchev–Trinajstić information content (AvgIpc) is 3.40. The molecule has 1 aromatic heterocycles. The summed E-state index contributed by atoms with van der Waals surface area (Å²) in [4.78, 5) is 7.00. The minimum absolute atomic E-state index is 0. The van der Waals surface area contributed by atoms with Crippen molar-refractivity contribution in [2.45, 2.75) is 45.2 Å². The first-order valence-electron chi connectivity index (χ1n) is 9.77. The second-order valence-corrected chi connectivity index (χ2v) is 7.80. The topological polar surface area (TPSA) is 45.5 Å². The first kappa shape index (κ1) is 20.2. The number of aliphatic imine (C=N–C) groups is 1. The number of rotatable bonds is 4. The molecule has 1 saturated heterocycles. The van der Waals surface area contributed by atoms with E-state index < -0.39 is 0 Å². The molecule has 4 rings (SSSR count). The van der Waals surface area contributed by atoms with Crippen LogP contribution >= 0.6 is 24.0 Å². The number of nitrogens with zero attached hydrogens (tertiary/aromatic N) is 4. The highest BCUT2D eigenvalue weighted by Gasteiger charge is 2.40. The van der Waals surface area contributed by atoms with E-state index in [1.807, 2.05) is 30.2 Å². The molecule has 1 aromatic carbocycles. The van der Waals surface area contributed by atoms with Crippen LogP contribution in [-0.2, 0) is 13.1 Å². The molecule has 1 spiro atoms. The van der Waals surface area contributed by atoms with Crippen LogP contribution in [0.4, 0.5) is 0 Å². The largest absolute Gasteiger partial charge is 0.352 e. The maximum atomic E-state index is 4.54. The van der Waals surface area contributed by atoms with E-state index in [4.69, 9.17) is 0 Å². The molecule has 0 bridgehead atoms. The zero-order chi connectivity index (χ0) is 17.8. The Hall–Kier alpha value is -1.57. The highest BCUT2D eigenvalue weighted by molar-refractivity contribution is 14.0. The van der Waals surface area contributed by atoms with Gasteiger partial charge in [-0.15, -0.1) is 24.0 Å². The van der Waals surface area contributed by atoms with Crippen LogP contribution < -0.4 is 5.32 Å². The molecule has 1 saturated carbocycles. The minimum atomic E-state index is 0. The summed E-state index contributed by atoms with van der Waals surface area (Å²) in [5, 5.41) is 7.86. The van der Waals surface area contributed by atoms with Gasteiger partial charge >= 0.3 is 0 Å². The Morgan fingerprint density at radius 1 is 1.19 bits per heavy atom. The van der Waals surface area contributed by atoms with E-state index >= 15 is 0 Å². The van der Waals surface area contributed by atoms with Crippen LogP contribution in [0.1, 0.15) is 43.2 Å². The number of likely N-dealkylation sites (tertiary alicyclic amines) is 1. The fourth-order valence-corrected chi connectivity index (χ4v) is 4.58. The number of nitrogens with one attached hydrogen (secondary N) is 1. The summed E-state index contributed by atoms with van der Waals surface area (Å²) in [7, 11) is 1.90. The summed E-state index contributed by atoms with van der Waals surface area (Å²) >= 11 is 0. The van der Waals surface area contributed by atoms with Gasteiger partial charge in [-0.25, -0.2) is 0 Å². The molecular formula is C21H30IN5. The SMILES string of the molecule is CN=C(NCc1cccc(Cn2cccn2)c1)N1CCC2(CCCC2)C1.I. The standard InChI is InChI=1S/C21H29N5.HI/c1-22-20(25-13-10-21(17-25)8-2-3-9-21)23-15-18-6-4-7-19(14-18)16-26-12-5-11-24-26;/h4-7,11-12,14H,2-3,8-10,13,15-17H2,1H3,(H,22,23);1H. The lowest BCUT2D eigenvalue weighted by Crippen LogP contribution is -2.40. The van der Waals surface area contributed by atoms with Gasteiger partial charge in [-0.05, 0) is 41.9 Å². The van der Waals surface area contributed by atoms with Crippen molar-refractivity contribution >= 4 is 29.9 Å². The van der Waals surface area contributed by atoms with Gasteiger partial charge in [0, 0.05) is 39.1 Å². The average molecular weight is 479 g/mol. The zero-order valence-corrected chi connectivity index (χ0v) is 18.4. The maximum absolute atomic E-state index is 4.54. The van der Waals surface area contributed by atoms with E-state index in [1.165, 1.54) is 49.8 Å². The molecule has 2 aliphatic rings. The van der Waals surface area contributed by atoms with Crippen LogP contribution in [0.25, 0.3) is 0 Å². The molecule has 2 fully saturated rings. The highest BCUT2D eigenvalue weighted by atomic mass is 127. The maximum Gasteiger partial charge on any atom is 0.193 e. The Morgan fingerprint density at radius 3 is 2.74 bits per heavy atom. The van der Waals surface area contributed by atoms with Crippen LogP contribution in [0, 0.1) is 5.41 Å². The smallest absolute Gasteiger partial charge is 0.193 e. The Labute approximate surface area is 179 Å². The van der Waals surface area contributed by atoms with E-state index in [2.05, 4.69) is 44.6 Å². The van der Waals surface area contributed by atoms with Crippen LogP contribution in [0.5, 0.6) is 0 Å². The van der Waals surface area contributed by atoms with Gasteiger partial charge in [0.15, 0.2) is 5.96 Å². The summed E-state index contributed by atoms with van der Waals surface area (Å²) in [5.74, 6) is 1.05. The van der Waals surface area contributed by atoms with Gasteiger partial charge in [0.2, 0.25) is 0 Å². The van der Waals surface area contributed by atoms with Crippen LogP contribution in [0.2, 0.25) is 0 Å². The first-order valence-corrected chi connectivity index (χ1v) is 9.77. The van der Waals surface area contributed by atoms with Crippen LogP contribution in [0.3, 0.4) is 0 Å². The van der Waals surface area contributed by atoms with Gasteiger partial charge in [0.1, 0.15) is 0 Å². The van der Waals surface area contributed by atoms with E-state index in [0.29, 0.717) is 5.41 Å². The molecule has 0 atom stereocenters. The number of benzene rings is 1. The third-order valence-electron chi connectivity index (χ3n) is 5.96. The second-order valence-electron chi connectivity index (χ2n) is 7.80. The van der Waals surface area contributed by atoms with Crippen molar-refractivity contribution in [2.75, 3.05) is 20.1 Å². The number of hydrogen-bond acceptors (Lipinski definition) is 2. The van der Waals surface area contributed by atoms with E-state index in [-0.39, 0.29) is 24.0 Å². The molecule has 1 N–H and O–H groups in total. The summed E-state index contributed by atoms with van der Waals surface area (Å²) in [5.41, 5.74) is 3.13. The third-order valence-corrected chi connectivity index (χ3v) is 5.96. The summed E-state index contributed by atoms with van der Waals surface area (Å²) in [6.07, 6.45) is 10.8. The molecule has 1 aliphatic heterocycles. The molecule has 1 aliphatic carbocycles. The Morgan fingerprint density at radius 2 is 2.00 bits per heavy atom. The first-order chi connectivity index (χ1) is 12.8. The lowest BCUT2D eigenvalue weighted by Gasteiger charge is -2.26. The van der Waals surface area contributed by atoms with Crippen molar-refractivity contribution in [3.63, 3.8) is 0 Å². The molecule has 0 radical (unpaired) electrons. The zero-order valence-electron chi connectivity index (χ0n) is 16.1. The molecule has 5 nitrogen and oxygen atoms in total. The van der Waals surface area contributed by atoms with Crippen molar-refractivity contribution in [1.29, 1.82) is 0 Å². The second kappa shape index (κ2) is 9.08. The Balaban J connectivity index is 0.00000210. The third kappa shape index (κ3) is 4.83. The fourth-order valence-electron chi connectivity index (χ4n) is 4.58. The number of hydrogen-bond donors (Lipinski definition) is 1. The van der Waals surface area contributed by atoms with Crippen LogP contribution in [0.15, 0.2) is 47.7 Å². The molecule has 6 heteroatoms. The minimum Gasteiger partial charge on any atom is -0.352 e. The van der Waals surface area contributed by atoms with Gasteiger partial charge in [-0.3, -0.25) is 9.67 Å². The van der Waals surface area contributed by atoms with E-state index in [0.717, 1.165) is 25.6 Å². The van der Waals surface area contributed by atoms with Gasteiger partial charge in [-0.1, -0.05) is 37.1 Å². The summed E-state index contributed by atoms with van der Waals surface area (Å²) in [6.45, 7) is 3.93. The van der Waals surface area contributed by atoms with Crippen molar-refractivity contribution in [3.05, 3.63) is 53.9 Å². The molecular weight excluding hydrogens is 449 g/mol. The number of aromatic nitrogens is 2. The van der Waals surface area contributed by atoms with Crippen molar-refractivity contribution < 1.29 is 0 Å². The van der Waals surface area contributed by atoms with Gasteiger partial charge in [-0.2, -0.15) is 5.10 Å². The van der Waals surface area contributed by atoms with Gasteiger partial charge in [0.25, 0.3) is 0 Å². The monoisotopic (exact) mass is 479 g/mol. The predicted octanol–water partition coefficient (Wildman–Crippen LogP) is 3.89. The fraction of sp³-hybridized carbons (Fsp3) is 0.524. The number of halogens is 1. The van der Waals surface area contributed by atoms with Gasteiger partial charge < -0.3 is 10.2 Å². The summed E-state index contributed by atoms with van der Waals surface area (Å²) in [6, 6.07) is 10.7. The highest BCUT2D eigenvalue weighted by Crippen LogP contribution is 2.45. The van der Waals surface area contributed by atoms with Crippen molar-refractivity contribution in [3.8, 4) is 0 Å². The molecule has 27 heavy (non-hydrogen) atoms. The Kier molecular flexibility index (Phi) is 6.78.